The molecule has 0 radical (unpaired) electrons. The lowest BCUT2D eigenvalue weighted by Crippen LogP contribution is -2.29. The molecule has 0 spiro atoms. The fraction of sp³-hybridized carbons (Fsp3) is 0.500. The van der Waals surface area contributed by atoms with E-state index < -0.39 is 8.07 Å². The van der Waals surface area contributed by atoms with Crippen LogP contribution < -0.4 is 0 Å². The van der Waals surface area contributed by atoms with Crippen molar-refractivity contribution < 1.29 is 0 Å². The number of rotatable bonds is 5. The number of hydrogen-bond donors (Lipinski definition) is 0. The number of hydrogen-bond acceptors (Lipinski definition) is 0. The fourth-order valence-corrected chi connectivity index (χ4v) is 5.79. The largest absolute Gasteiger partial charge is 0.0908 e. The lowest BCUT2D eigenvalue weighted by Gasteiger charge is -2.25. The first-order chi connectivity index (χ1) is 8.08. The minimum Gasteiger partial charge on any atom is -0.0908 e. The SMILES string of the molecule is CC[Si](/C=C(\C)c1ccccc1C)(CC)CC. The minimum absolute atomic E-state index is 1.15. The van der Waals surface area contributed by atoms with E-state index in [0.29, 0.717) is 0 Å². The molecule has 0 unspecified atom stereocenters. The zero-order chi connectivity index (χ0) is 12.9. The first-order valence-electron chi connectivity index (χ1n) is 6.84. The standard InChI is InChI=1S/C16H26Si/c1-6-17(7-2,8-3)13-15(5)16-12-10-9-11-14(16)4/h9-13H,6-8H2,1-5H3/b15-13+. The molecule has 0 atom stereocenters. The molecule has 0 N–H and O–H groups in total. The van der Waals surface area contributed by atoms with Gasteiger partial charge in [0.15, 0.2) is 0 Å². The van der Waals surface area contributed by atoms with Crippen molar-refractivity contribution in [3.63, 3.8) is 0 Å². The second-order valence-electron chi connectivity index (χ2n) is 5.07. The summed E-state index contributed by atoms with van der Waals surface area (Å²) in [6, 6.07) is 12.8. The highest BCUT2D eigenvalue weighted by molar-refractivity contribution is 6.85. The average molecular weight is 246 g/mol. The summed E-state index contributed by atoms with van der Waals surface area (Å²) in [4.78, 5) is 0. The van der Waals surface area contributed by atoms with Crippen molar-refractivity contribution in [1.29, 1.82) is 0 Å². The van der Waals surface area contributed by atoms with Crippen LogP contribution in [-0.4, -0.2) is 8.07 Å². The van der Waals surface area contributed by atoms with Crippen LogP contribution in [0.5, 0.6) is 0 Å². The molecule has 1 rings (SSSR count). The zero-order valence-corrected chi connectivity index (χ0v) is 13.0. The van der Waals surface area contributed by atoms with Crippen LogP contribution in [0.1, 0.15) is 38.8 Å². The Hall–Kier alpha value is -0.823. The van der Waals surface area contributed by atoms with Gasteiger partial charge >= 0.3 is 0 Å². The van der Waals surface area contributed by atoms with Gasteiger partial charge in [-0.1, -0.05) is 74.4 Å². The third-order valence-electron chi connectivity index (χ3n) is 4.20. The first kappa shape index (κ1) is 14.2. The summed E-state index contributed by atoms with van der Waals surface area (Å²) >= 11 is 0. The van der Waals surface area contributed by atoms with Gasteiger partial charge in [0.1, 0.15) is 0 Å². The van der Waals surface area contributed by atoms with Crippen molar-refractivity contribution in [1.82, 2.24) is 0 Å². The molecular formula is C16H26Si. The molecule has 0 amide bonds. The topological polar surface area (TPSA) is 0 Å². The van der Waals surface area contributed by atoms with Gasteiger partial charge < -0.3 is 0 Å². The highest BCUT2D eigenvalue weighted by atomic mass is 28.3. The predicted octanol–water partition coefficient (Wildman–Crippen LogP) is 5.45. The molecule has 0 aliphatic carbocycles. The average Bonchev–Trinajstić information content (AvgIpc) is 2.36. The van der Waals surface area contributed by atoms with Gasteiger partial charge in [-0.25, -0.2) is 0 Å². The van der Waals surface area contributed by atoms with Gasteiger partial charge in [-0.15, -0.1) is 0 Å². The molecule has 0 saturated carbocycles. The minimum atomic E-state index is -1.15. The lowest BCUT2D eigenvalue weighted by atomic mass is 10.0. The van der Waals surface area contributed by atoms with Crippen molar-refractivity contribution >= 4 is 13.6 Å². The summed E-state index contributed by atoms with van der Waals surface area (Å²) in [5.41, 5.74) is 6.95. The Labute approximate surface area is 108 Å². The molecule has 0 heterocycles. The van der Waals surface area contributed by atoms with Crippen molar-refractivity contribution in [3.05, 3.63) is 41.1 Å². The fourth-order valence-electron chi connectivity index (χ4n) is 2.61. The van der Waals surface area contributed by atoms with Gasteiger partial charge in [-0.3, -0.25) is 0 Å². The predicted molar refractivity (Wildman–Crippen MR) is 82.0 cm³/mol. The van der Waals surface area contributed by atoms with E-state index >= 15 is 0 Å². The van der Waals surface area contributed by atoms with Crippen molar-refractivity contribution in [2.24, 2.45) is 0 Å². The highest BCUT2D eigenvalue weighted by Gasteiger charge is 2.24. The maximum absolute atomic E-state index is 2.63. The maximum atomic E-state index is 2.63. The van der Waals surface area contributed by atoms with Crippen LogP contribution in [0, 0.1) is 6.92 Å². The Balaban J connectivity index is 3.11. The summed E-state index contributed by atoms with van der Waals surface area (Å²) in [7, 11) is -1.15. The van der Waals surface area contributed by atoms with Gasteiger partial charge in [0.25, 0.3) is 0 Å². The summed E-state index contributed by atoms with van der Waals surface area (Å²) in [6.45, 7) is 11.6. The number of benzene rings is 1. The van der Waals surface area contributed by atoms with Crippen molar-refractivity contribution in [2.75, 3.05) is 0 Å². The molecular weight excluding hydrogens is 220 g/mol. The van der Waals surface area contributed by atoms with E-state index in [-0.39, 0.29) is 0 Å². The molecule has 0 saturated heterocycles. The van der Waals surface area contributed by atoms with E-state index in [9.17, 15) is 0 Å². The van der Waals surface area contributed by atoms with Crippen LogP contribution in [-0.2, 0) is 0 Å². The monoisotopic (exact) mass is 246 g/mol. The van der Waals surface area contributed by atoms with Crippen LogP contribution in [0.2, 0.25) is 18.1 Å². The van der Waals surface area contributed by atoms with Crippen LogP contribution >= 0.6 is 0 Å². The molecule has 17 heavy (non-hydrogen) atoms. The van der Waals surface area contributed by atoms with Crippen LogP contribution in [0.3, 0.4) is 0 Å². The summed E-state index contributed by atoms with van der Waals surface area (Å²) in [5, 5.41) is 0. The van der Waals surface area contributed by atoms with E-state index in [2.05, 4.69) is 64.6 Å². The first-order valence-corrected chi connectivity index (χ1v) is 9.54. The Kier molecular flexibility index (Phi) is 5.19. The Morgan fingerprint density at radius 1 is 1.06 bits per heavy atom. The molecule has 0 nitrogen and oxygen atoms in total. The number of allylic oxidation sites excluding steroid dienone is 1. The quantitative estimate of drug-likeness (QED) is 0.606. The maximum Gasteiger partial charge on any atom is 0.0773 e. The Morgan fingerprint density at radius 3 is 2.06 bits per heavy atom. The van der Waals surface area contributed by atoms with E-state index in [4.69, 9.17) is 0 Å². The molecule has 1 aromatic carbocycles. The molecule has 1 heteroatoms. The van der Waals surface area contributed by atoms with Crippen LogP contribution in [0.4, 0.5) is 0 Å². The lowest BCUT2D eigenvalue weighted by molar-refractivity contribution is 1.19. The molecule has 94 valence electrons. The van der Waals surface area contributed by atoms with Gasteiger partial charge in [-0.05, 0) is 25.0 Å². The van der Waals surface area contributed by atoms with Gasteiger partial charge in [0, 0.05) is 0 Å². The smallest absolute Gasteiger partial charge is 0.0773 e. The number of aryl methyl sites for hydroxylation is 1. The van der Waals surface area contributed by atoms with E-state index in [1.165, 1.54) is 34.8 Å². The van der Waals surface area contributed by atoms with E-state index in [0.717, 1.165) is 0 Å². The summed E-state index contributed by atoms with van der Waals surface area (Å²) < 4.78 is 0. The molecule has 0 bridgehead atoms. The molecule has 0 aliphatic rings. The Morgan fingerprint density at radius 2 is 1.59 bits per heavy atom. The van der Waals surface area contributed by atoms with Gasteiger partial charge in [-0.2, -0.15) is 0 Å². The normalized spacial score (nSPS) is 12.9. The van der Waals surface area contributed by atoms with Crippen molar-refractivity contribution in [2.45, 2.75) is 52.8 Å². The van der Waals surface area contributed by atoms with E-state index in [1.54, 1.807) is 0 Å². The van der Waals surface area contributed by atoms with E-state index in [1.807, 2.05) is 0 Å². The molecule has 0 aliphatic heterocycles. The molecule has 1 aromatic rings. The molecule has 0 fully saturated rings. The summed E-state index contributed by atoms with van der Waals surface area (Å²) in [6.07, 6.45) is 0. The second-order valence-corrected chi connectivity index (χ2v) is 10.2. The van der Waals surface area contributed by atoms with Gasteiger partial charge in [0.2, 0.25) is 0 Å². The van der Waals surface area contributed by atoms with Gasteiger partial charge in [0.05, 0.1) is 8.07 Å². The Bertz CT molecular complexity index is 378. The third kappa shape index (κ3) is 3.32. The summed E-state index contributed by atoms with van der Waals surface area (Å²) in [5.74, 6) is 0. The van der Waals surface area contributed by atoms with Crippen molar-refractivity contribution in [3.8, 4) is 0 Å². The second kappa shape index (κ2) is 6.20. The van der Waals surface area contributed by atoms with Crippen LogP contribution in [0.15, 0.2) is 30.0 Å². The van der Waals surface area contributed by atoms with Crippen LogP contribution in [0.25, 0.3) is 5.57 Å². The third-order valence-corrected chi connectivity index (χ3v) is 9.48. The zero-order valence-electron chi connectivity index (χ0n) is 12.0. The highest BCUT2D eigenvalue weighted by Crippen LogP contribution is 2.27. The molecule has 0 aromatic heterocycles.